The molecule has 1 N–H and O–H groups in total. The smallest absolute Gasteiger partial charge is 0.259 e. The summed E-state index contributed by atoms with van der Waals surface area (Å²) in [5, 5.41) is 11.8. The fraction of sp³-hybridized carbons (Fsp3) is 0.235. The first-order valence-corrected chi connectivity index (χ1v) is 8.19. The molecule has 0 fully saturated rings. The molecule has 0 aliphatic carbocycles. The molecule has 25 heavy (non-hydrogen) atoms. The predicted molar refractivity (Wildman–Crippen MR) is 94.9 cm³/mol. The van der Waals surface area contributed by atoms with Crippen molar-refractivity contribution in [3.05, 3.63) is 59.1 Å². The van der Waals surface area contributed by atoms with Crippen LogP contribution in [0.5, 0.6) is 5.75 Å². The Hall–Kier alpha value is -2.80. The highest BCUT2D eigenvalue weighted by molar-refractivity contribution is 6.30. The van der Waals surface area contributed by atoms with E-state index in [-0.39, 0.29) is 12.6 Å². The van der Waals surface area contributed by atoms with E-state index in [9.17, 15) is 4.79 Å². The Morgan fingerprint density at radius 2 is 2.16 bits per heavy atom. The summed E-state index contributed by atoms with van der Waals surface area (Å²) in [6.07, 6.45) is 4.83. The van der Waals surface area contributed by atoms with Gasteiger partial charge < -0.3 is 10.1 Å². The van der Waals surface area contributed by atoms with E-state index in [1.165, 1.54) is 0 Å². The minimum absolute atomic E-state index is 0.211. The van der Waals surface area contributed by atoms with E-state index >= 15 is 0 Å². The van der Waals surface area contributed by atoms with E-state index in [2.05, 4.69) is 15.5 Å². The number of hydrogen-bond donors (Lipinski definition) is 1. The van der Waals surface area contributed by atoms with Crippen molar-refractivity contribution in [2.45, 2.75) is 27.1 Å². The summed E-state index contributed by atoms with van der Waals surface area (Å²) in [5.74, 6) is 0.434. The number of benzene rings is 1. The number of aromatic nitrogens is 4. The molecule has 0 unspecified atom stereocenters. The van der Waals surface area contributed by atoms with Crippen molar-refractivity contribution >= 4 is 23.2 Å². The highest BCUT2D eigenvalue weighted by Crippen LogP contribution is 2.18. The van der Waals surface area contributed by atoms with Crippen LogP contribution in [0.3, 0.4) is 0 Å². The number of anilines is 1. The summed E-state index contributed by atoms with van der Waals surface area (Å²) in [6, 6.07) is 7.12. The normalized spacial score (nSPS) is 10.7. The monoisotopic (exact) mass is 359 g/mol. The van der Waals surface area contributed by atoms with Crippen LogP contribution in [-0.2, 0) is 13.3 Å². The lowest BCUT2D eigenvalue weighted by molar-refractivity contribution is 0.102. The van der Waals surface area contributed by atoms with E-state index in [0.717, 1.165) is 12.2 Å². The van der Waals surface area contributed by atoms with E-state index in [1.807, 2.05) is 26.0 Å². The van der Waals surface area contributed by atoms with Gasteiger partial charge in [-0.1, -0.05) is 17.7 Å². The SMILES string of the molecule is CCn1ncc(C(=O)Nc2cnn(COc3cccc(Cl)c3)c2)c1C. The maximum absolute atomic E-state index is 12.3. The lowest BCUT2D eigenvalue weighted by Crippen LogP contribution is -2.13. The van der Waals surface area contributed by atoms with Crippen molar-refractivity contribution < 1.29 is 9.53 Å². The molecule has 0 spiro atoms. The first-order valence-electron chi connectivity index (χ1n) is 7.81. The van der Waals surface area contributed by atoms with Crippen LogP contribution in [0.15, 0.2) is 42.9 Å². The standard InChI is InChI=1S/C17H18ClN5O2/c1-3-23-12(2)16(9-20-23)17(24)21-14-8-19-22(10-14)11-25-15-6-4-5-13(18)7-15/h4-10H,3,11H2,1-2H3,(H,21,24). The van der Waals surface area contributed by atoms with Crippen molar-refractivity contribution in [3.63, 3.8) is 0 Å². The Morgan fingerprint density at radius 3 is 2.88 bits per heavy atom. The van der Waals surface area contributed by atoms with E-state index in [4.69, 9.17) is 16.3 Å². The summed E-state index contributed by atoms with van der Waals surface area (Å²) < 4.78 is 8.96. The molecule has 0 aliphatic heterocycles. The average Bonchev–Trinajstić information content (AvgIpc) is 3.19. The van der Waals surface area contributed by atoms with Gasteiger partial charge in [-0.25, -0.2) is 4.68 Å². The Bertz CT molecular complexity index is 887. The lowest BCUT2D eigenvalue weighted by atomic mass is 10.2. The van der Waals surface area contributed by atoms with E-state index in [1.54, 1.807) is 40.1 Å². The van der Waals surface area contributed by atoms with Gasteiger partial charge >= 0.3 is 0 Å². The molecule has 0 bridgehead atoms. The summed E-state index contributed by atoms with van der Waals surface area (Å²) in [6.45, 7) is 4.78. The second kappa shape index (κ2) is 7.40. The molecule has 2 aromatic heterocycles. The number of hydrogen-bond acceptors (Lipinski definition) is 4. The lowest BCUT2D eigenvalue weighted by Gasteiger charge is -2.06. The molecule has 0 saturated heterocycles. The van der Waals surface area contributed by atoms with Gasteiger partial charge in [-0.15, -0.1) is 0 Å². The molecule has 0 saturated carbocycles. The van der Waals surface area contributed by atoms with Crippen LogP contribution in [0.2, 0.25) is 5.02 Å². The number of carbonyl (C=O) groups excluding carboxylic acids is 1. The number of halogens is 1. The summed E-state index contributed by atoms with van der Waals surface area (Å²) in [4.78, 5) is 12.3. The number of aryl methyl sites for hydroxylation is 1. The molecule has 1 aromatic carbocycles. The van der Waals surface area contributed by atoms with E-state index < -0.39 is 0 Å². The maximum Gasteiger partial charge on any atom is 0.259 e. The summed E-state index contributed by atoms with van der Waals surface area (Å²) in [5.41, 5.74) is 1.96. The first-order chi connectivity index (χ1) is 12.1. The predicted octanol–water partition coefficient (Wildman–Crippen LogP) is 3.35. The molecule has 130 valence electrons. The molecule has 7 nitrogen and oxygen atoms in total. The number of amides is 1. The van der Waals surface area contributed by atoms with Gasteiger partial charge in [0.1, 0.15) is 5.75 Å². The number of ether oxygens (including phenoxy) is 1. The minimum Gasteiger partial charge on any atom is -0.471 e. The molecule has 3 rings (SSSR count). The zero-order valence-electron chi connectivity index (χ0n) is 13.9. The number of rotatable bonds is 6. The van der Waals surface area contributed by atoms with Crippen LogP contribution < -0.4 is 10.1 Å². The molecule has 0 atom stereocenters. The molecular formula is C17H18ClN5O2. The highest BCUT2D eigenvalue weighted by Gasteiger charge is 2.14. The Labute approximate surface area is 150 Å². The second-order valence-electron chi connectivity index (χ2n) is 5.41. The van der Waals surface area contributed by atoms with Gasteiger partial charge in [0.15, 0.2) is 6.73 Å². The maximum atomic E-state index is 12.3. The van der Waals surface area contributed by atoms with Gasteiger partial charge in [-0.05, 0) is 32.0 Å². The third kappa shape index (κ3) is 4.00. The zero-order chi connectivity index (χ0) is 17.8. The number of nitrogens with zero attached hydrogens (tertiary/aromatic N) is 4. The molecule has 0 aliphatic rings. The fourth-order valence-electron chi connectivity index (χ4n) is 2.38. The molecular weight excluding hydrogens is 342 g/mol. The van der Waals surface area contributed by atoms with Gasteiger partial charge in [0.2, 0.25) is 0 Å². The fourth-order valence-corrected chi connectivity index (χ4v) is 2.56. The molecule has 8 heteroatoms. The quantitative estimate of drug-likeness (QED) is 0.732. The highest BCUT2D eigenvalue weighted by atomic mass is 35.5. The van der Waals surface area contributed by atoms with Crippen molar-refractivity contribution in [1.29, 1.82) is 0 Å². The second-order valence-corrected chi connectivity index (χ2v) is 5.85. The zero-order valence-corrected chi connectivity index (χ0v) is 14.7. The van der Waals surface area contributed by atoms with Gasteiger partial charge in [0, 0.05) is 17.3 Å². The van der Waals surface area contributed by atoms with Gasteiger partial charge in [-0.3, -0.25) is 9.48 Å². The molecule has 3 aromatic rings. The van der Waals surface area contributed by atoms with E-state index in [0.29, 0.717) is 22.0 Å². The summed E-state index contributed by atoms with van der Waals surface area (Å²) in [7, 11) is 0. The Morgan fingerprint density at radius 1 is 1.32 bits per heavy atom. The number of carbonyl (C=O) groups is 1. The average molecular weight is 360 g/mol. The molecule has 0 radical (unpaired) electrons. The molecule has 1 amide bonds. The van der Waals surface area contributed by atoms with Crippen molar-refractivity contribution in [1.82, 2.24) is 19.6 Å². The van der Waals surface area contributed by atoms with Crippen molar-refractivity contribution in [3.8, 4) is 5.75 Å². The van der Waals surface area contributed by atoms with Crippen LogP contribution >= 0.6 is 11.6 Å². The topological polar surface area (TPSA) is 74.0 Å². The van der Waals surface area contributed by atoms with Crippen LogP contribution in [0, 0.1) is 6.92 Å². The largest absolute Gasteiger partial charge is 0.471 e. The third-order valence-corrected chi connectivity index (χ3v) is 3.93. The van der Waals surface area contributed by atoms with Crippen molar-refractivity contribution in [2.24, 2.45) is 0 Å². The van der Waals surface area contributed by atoms with Gasteiger partial charge in [0.05, 0.1) is 29.8 Å². The van der Waals surface area contributed by atoms with Crippen molar-refractivity contribution in [2.75, 3.05) is 5.32 Å². The Kier molecular flexibility index (Phi) is 5.04. The van der Waals surface area contributed by atoms with Gasteiger partial charge in [-0.2, -0.15) is 10.2 Å². The molecule has 2 heterocycles. The Balaban J connectivity index is 1.61. The first kappa shape index (κ1) is 17.0. The van der Waals surface area contributed by atoms with Gasteiger partial charge in [0.25, 0.3) is 5.91 Å². The van der Waals surface area contributed by atoms with Crippen LogP contribution in [0.4, 0.5) is 5.69 Å². The van der Waals surface area contributed by atoms with Crippen LogP contribution in [0.1, 0.15) is 23.0 Å². The minimum atomic E-state index is -0.215. The van der Waals surface area contributed by atoms with Crippen LogP contribution in [-0.4, -0.2) is 25.5 Å². The third-order valence-electron chi connectivity index (χ3n) is 3.70. The van der Waals surface area contributed by atoms with Crippen LogP contribution in [0.25, 0.3) is 0 Å². The summed E-state index contributed by atoms with van der Waals surface area (Å²) >= 11 is 5.91. The number of nitrogens with one attached hydrogen (secondary N) is 1.